The van der Waals surface area contributed by atoms with Crippen LogP contribution in [0.1, 0.15) is 34.8 Å². The Morgan fingerprint density at radius 1 is 1.16 bits per heavy atom. The summed E-state index contributed by atoms with van der Waals surface area (Å²) >= 11 is 1.78. The Bertz CT molecular complexity index is 1080. The minimum Gasteiger partial charge on any atom is -0.504 e. The minimum atomic E-state index is -0.529. The van der Waals surface area contributed by atoms with Crippen molar-refractivity contribution in [2.45, 2.75) is 41.4 Å². The van der Waals surface area contributed by atoms with E-state index in [9.17, 15) is 15.0 Å². The van der Waals surface area contributed by atoms with Crippen LogP contribution in [-0.2, 0) is 14.9 Å². The van der Waals surface area contributed by atoms with Crippen molar-refractivity contribution in [2.24, 2.45) is 5.92 Å². The van der Waals surface area contributed by atoms with Crippen LogP contribution in [0.5, 0.6) is 11.5 Å². The molecule has 0 spiro atoms. The van der Waals surface area contributed by atoms with E-state index in [1.165, 1.54) is 5.56 Å². The molecule has 2 aromatic carbocycles. The fourth-order valence-corrected chi connectivity index (χ4v) is 7.23. The van der Waals surface area contributed by atoms with Crippen LogP contribution in [0.3, 0.4) is 0 Å². The zero-order valence-corrected chi connectivity index (χ0v) is 18.8. The van der Waals surface area contributed by atoms with Crippen LogP contribution in [0, 0.1) is 12.8 Å². The topological polar surface area (TPSA) is 70.0 Å². The van der Waals surface area contributed by atoms with Crippen LogP contribution in [0.25, 0.3) is 0 Å². The van der Waals surface area contributed by atoms with E-state index >= 15 is 0 Å². The highest BCUT2D eigenvalue weighted by atomic mass is 32.2. The quantitative estimate of drug-likeness (QED) is 0.697. The molecule has 1 aliphatic heterocycles. The molecule has 2 bridgehead atoms. The number of phenols is 2. The number of carbonyl (C=O) groups excluding carboxylic acids is 1. The maximum Gasteiger partial charge on any atom is 0.197 e. The van der Waals surface area contributed by atoms with Crippen molar-refractivity contribution in [3.63, 3.8) is 0 Å². The Labute approximate surface area is 186 Å². The molecule has 1 saturated heterocycles. The molecule has 0 radical (unpaired) electrons. The molecule has 4 atom stereocenters. The number of carbonyl (C=O) groups is 1. The minimum absolute atomic E-state index is 0.00190. The Hall–Kier alpha value is -2.44. The third-order valence-electron chi connectivity index (χ3n) is 7.31. The number of thioether (sulfide) groups is 1. The van der Waals surface area contributed by atoms with Crippen LogP contribution in [0.15, 0.2) is 53.1 Å². The molecule has 5 nitrogen and oxygen atoms in total. The van der Waals surface area contributed by atoms with Gasteiger partial charge in [-0.3, -0.25) is 4.79 Å². The Balaban J connectivity index is 1.74. The highest BCUT2D eigenvalue weighted by Gasteiger charge is 2.59. The number of Topliss-reactive ketones (excluding diaryl/α,β-unsaturated/α-hetero) is 1. The Morgan fingerprint density at radius 2 is 1.90 bits per heavy atom. The van der Waals surface area contributed by atoms with Crippen molar-refractivity contribution in [1.29, 1.82) is 0 Å². The molecular formula is C25H27NO4S. The number of ether oxygens (including phenoxy) is 1. The molecule has 2 aliphatic carbocycles. The number of likely N-dealkylation sites (N-methyl/N-ethyl adjacent to an activating group) is 1. The van der Waals surface area contributed by atoms with E-state index in [0.29, 0.717) is 5.76 Å². The number of nitrogens with zero attached hydrogens (tertiary/aromatic N) is 1. The summed E-state index contributed by atoms with van der Waals surface area (Å²) in [5.74, 6) is 0.157. The van der Waals surface area contributed by atoms with Crippen molar-refractivity contribution in [2.75, 3.05) is 20.7 Å². The lowest BCUT2D eigenvalue weighted by Crippen LogP contribution is -2.61. The SMILES string of the molecule is COC1=CC2[C@@H]3[C@H](Sc4ccc(C)cc4)c4ccc(O)c(O)c4[C@]2(CCN3C)CC1=O. The average Bonchev–Trinajstić information content (AvgIpc) is 2.75. The second-order valence-electron chi connectivity index (χ2n) is 8.99. The number of aromatic hydroxyl groups is 2. The van der Waals surface area contributed by atoms with E-state index in [2.05, 4.69) is 43.1 Å². The van der Waals surface area contributed by atoms with Gasteiger partial charge in [-0.1, -0.05) is 23.8 Å². The summed E-state index contributed by atoms with van der Waals surface area (Å²) in [4.78, 5) is 16.4. The molecular weight excluding hydrogens is 410 g/mol. The second kappa shape index (κ2) is 7.31. The molecule has 0 amide bonds. The van der Waals surface area contributed by atoms with Crippen LogP contribution >= 0.6 is 11.8 Å². The molecule has 2 N–H and O–H groups in total. The lowest BCUT2D eigenvalue weighted by Gasteiger charge is -2.58. The van der Waals surface area contributed by atoms with Gasteiger partial charge in [-0.15, -0.1) is 11.8 Å². The number of rotatable bonds is 3. The van der Waals surface area contributed by atoms with Crippen LogP contribution < -0.4 is 0 Å². The first kappa shape index (κ1) is 20.5. The number of hydrogen-bond acceptors (Lipinski definition) is 6. The first-order chi connectivity index (χ1) is 14.9. The summed E-state index contributed by atoms with van der Waals surface area (Å²) in [6.07, 6.45) is 3.00. The number of methoxy groups -OCH3 is 1. The predicted octanol–water partition coefficient (Wildman–Crippen LogP) is 4.31. The predicted molar refractivity (Wildman–Crippen MR) is 120 cm³/mol. The molecule has 1 fully saturated rings. The number of phenolic OH excluding ortho intramolecular Hbond substituents is 2. The summed E-state index contributed by atoms with van der Waals surface area (Å²) in [5, 5.41) is 21.5. The molecule has 3 aliphatic rings. The molecule has 0 aromatic heterocycles. The number of hydrogen-bond donors (Lipinski definition) is 2. The molecule has 1 unspecified atom stereocenters. The molecule has 1 heterocycles. The molecule has 162 valence electrons. The summed E-state index contributed by atoms with van der Waals surface area (Å²) in [7, 11) is 3.68. The van der Waals surface area contributed by atoms with Crippen LogP contribution in [0.2, 0.25) is 0 Å². The molecule has 6 heteroatoms. The van der Waals surface area contributed by atoms with E-state index in [0.717, 1.165) is 29.0 Å². The van der Waals surface area contributed by atoms with Gasteiger partial charge in [-0.25, -0.2) is 0 Å². The lowest BCUT2D eigenvalue weighted by molar-refractivity contribution is -0.122. The molecule has 2 aromatic rings. The number of likely N-dealkylation sites (tertiary alicyclic amines) is 1. The number of aryl methyl sites for hydroxylation is 1. The fraction of sp³-hybridized carbons (Fsp3) is 0.400. The first-order valence-corrected chi connectivity index (χ1v) is 11.5. The summed E-state index contributed by atoms with van der Waals surface area (Å²) in [6.45, 7) is 2.90. The van der Waals surface area contributed by atoms with Crippen LogP contribution in [-0.4, -0.2) is 47.6 Å². The van der Waals surface area contributed by atoms with Gasteiger partial charge in [-0.2, -0.15) is 0 Å². The first-order valence-electron chi connectivity index (χ1n) is 10.6. The number of ketones is 1. The van der Waals surface area contributed by atoms with E-state index in [1.54, 1.807) is 24.9 Å². The number of fused-ring (bicyclic) bond motifs is 1. The smallest absolute Gasteiger partial charge is 0.197 e. The van der Waals surface area contributed by atoms with Gasteiger partial charge in [0.1, 0.15) is 0 Å². The van der Waals surface area contributed by atoms with Crippen LogP contribution in [0.4, 0.5) is 0 Å². The van der Waals surface area contributed by atoms with Gasteiger partial charge >= 0.3 is 0 Å². The fourth-order valence-electron chi connectivity index (χ4n) is 5.80. The van der Waals surface area contributed by atoms with Gasteiger partial charge in [-0.05, 0) is 56.8 Å². The van der Waals surface area contributed by atoms with E-state index in [1.807, 2.05) is 12.1 Å². The summed E-state index contributed by atoms with van der Waals surface area (Å²) in [5.41, 5.74) is 2.43. The molecule has 31 heavy (non-hydrogen) atoms. The van der Waals surface area contributed by atoms with Crippen molar-refractivity contribution in [1.82, 2.24) is 4.90 Å². The van der Waals surface area contributed by atoms with Crippen molar-refractivity contribution < 1.29 is 19.7 Å². The maximum absolute atomic E-state index is 12.9. The number of allylic oxidation sites excluding steroid dienone is 1. The normalized spacial score (nSPS) is 29.7. The standard InChI is InChI=1S/C25H27NO4S/c1-14-4-6-15(7-5-14)31-24-16-8-9-18(27)23(29)21(16)25-10-11-26(2)22(24)17(25)12-20(30-3)19(28)13-25/h4-9,12,17,22,24,27,29H,10-11,13H2,1-3H3/t17?,22-,24-,25-/m1/s1. The Morgan fingerprint density at radius 3 is 2.61 bits per heavy atom. The van der Waals surface area contributed by atoms with Gasteiger partial charge in [0.15, 0.2) is 23.0 Å². The zero-order valence-electron chi connectivity index (χ0n) is 18.0. The van der Waals surface area contributed by atoms with Gasteiger partial charge in [0, 0.05) is 34.3 Å². The van der Waals surface area contributed by atoms with Gasteiger partial charge in [0.25, 0.3) is 0 Å². The van der Waals surface area contributed by atoms with Crippen molar-refractivity contribution in [3.05, 3.63) is 64.9 Å². The van der Waals surface area contributed by atoms with E-state index < -0.39 is 5.41 Å². The highest BCUT2D eigenvalue weighted by Crippen LogP contribution is 2.63. The largest absolute Gasteiger partial charge is 0.504 e. The van der Waals surface area contributed by atoms with Crippen molar-refractivity contribution >= 4 is 17.5 Å². The van der Waals surface area contributed by atoms with Crippen molar-refractivity contribution in [3.8, 4) is 11.5 Å². The lowest BCUT2D eigenvalue weighted by atomic mass is 9.53. The number of piperidine rings is 1. The molecule has 0 saturated carbocycles. The Kier molecular flexibility index (Phi) is 4.83. The molecule has 5 rings (SSSR count). The average molecular weight is 438 g/mol. The van der Waals surface area contributed by atoms with Gasteiger partial charge in [0.05, 0.1) is 12.4 Å². The second-order valence-corrected chi connectivity index (χ2v) is 10.2. The highest BCUT2D eigenvalue weighted by molar-refractivity contribution is 7.99. The van der Waals surface area contributed by atoms with E-state index in [4.69, 9.17) is 4.74 Å². The third-order valence-corrected chi connectivity index (χ3v) is 8.65. The third kappa shape index (κ3) is 2.99. The van der Waals surface area contributed by atoms with Gasteiger partial charge in [0.2, 0.25) is 0 Å². The summed E-state index contributed by atoms with van der Waals surface area (Å²) in [6, 6.07) is 12.1. The van der Waals surface area contributed by atoms with Gasteiger partial charge < -0.3 is 19.8 Å². The zero-order chi connectivity index (χ0) is 21.9. The summed E-state index contributed by atoms with van der Waals surface area (Å²) < 4.78 is 5.43. The monoisotopic (exact) mass is 437 g/mol. The number of benzene rings is 2. The maximum atomic E-state index is 12.9. The van der Waals surface area contributed by atoms with E-state index in [-0.39, 0.29) is 40.9 Å².